The second-order valence-electron chi connectivity index (χ2n) is 23.3. The number of hydrogen-bond donors (Lipinski definition) is 0. The Labute approximate surface area is 437 Å². The summed E-state index contributed by atoms with van der Waals surface area (Å²) in [6.45, 7) is 29.8. The van der Waals surface area contributed by atoms with E-state index in [0.29, 0.717) is 56.6 Å². The van der Waals surface area contributed by atoms with E-state index in [0.717, 1.165) is 76.0 Å². The Bertz CT molecular complexity index is 2020. The lowest BCUT2D eigenvalue weighted by Gasteiger charge is -2.37. The van der Waals surface area contributed by atoms with Crippen LogP contribution in [0, 0.1) is 23.7 Å². The quantitative estimate of drug-likeness (QED) is 0.114. The first-order chi connectivity index (χ1) is 34.4. The van der Waals surface area contributed by atoms with Crippen molar-refractivity contribution in [3.63, 3.8) is 0 Å². The largest absolute Gasteiger partial charge is 0.376 e. The molecule has 1 aliphatic heterocycles. The average Bonchev–Trinajstić information content (AvgIpc) is 3.80. The lowest BCUT2D eigenvalue weighted by Crippen LogP contribution is -2.47. The molecule has 12 nitrogen and oxygen atoms in total. The van der Waals surface area contributed by atoms with Crippen LogP contribution in [0.3, 0.4) is 0 Å². The van der Waals surface area contributed by atoms with Gasteiger partial charge in [-0.15, -0.1) is 0 Å². The highest BCUT2D eigenvalue weighted by Crippen LogP contribution is 2.22. The SMILES string of the molecule is CC(C)C[C@H]1CO[C@H](C)CN(C)[C@@H](CC(C)C)CO[C@H](Cc2ccccc2)CN(C)[C@@H](CC(C)C)CO[C@H](C)CN(C)[C@@H](CC(C)C)CO[C@H](Cc2ccc(Cn3cc(-c4cnccn4)cn3)cc2)CN1C. The minimum Gasteiger partial charge on any atom is -0.376 e. The van der Waals surface area contributed by atoms with Crippen molar-refractivity contribution in [1.82, 2.24) is 39.3 Å². The maximum Gasteiger partial charge on any atom is 0.0916 e. The van der Waals surface area contributed by atoms with Crippen LogP contribution in [-0.2, 0) is 38.3 Å². The molecule has 12 heteroatoms. The third kappa shape index (κ3) is 21.3. The van der Waals surface area contributed by atoms with Crippen molar-refractivity contribution in [2.75, 3.05) is 80.8 Å². The van der Waals surface area contributed by atoms with Crippen molar-refractivity contribution in [2.45, 2.75) is 163 Å². The third-order valence-electron chi connectivity index (χ3n) is 14.4. The maximum absolute atomic E-state index is 7.19. The number of ether oxygens (including phenoxy) is 4. The molecule has 3 heterocycles. The first-order valence-electron chi connectivity index (χ1n) is 27.6. The predicted octanol–water partition coefficient (Wildman–Crippen LogP) is 10.2. The van der Waals surface area contributed by atoms with Crippen LogP contribution in [0.2, 0.25) is 0 Å². The van der Waals surface area contributed by atoms with E-state index in [9.17, 15) is 0 Å². The molecule has 1 saturated heterocycles. The van der Waals surface area contributed by atoms with Gasteiger partial charge in [0.15, 0.2) is 0 Å². The number of rotatable bonds is 15. The molecule has 2 aromatic carbocycles. The van der Waals surface area contributed by atoms with Gasteiger partial charge in [-0.3, -0.25) is 34.2 Å². The van der Waals surface area contributed by atoms with Gasteiger partial charge in [0, 0.05) is 74.5 Å². The Morgan fingerprint density at radius 3 is 1.35 bits per heavy atom. The predicted molar refractivity (Wildman–Crippen MR) is 296 cm³/mol. The van der Waals surface area contributed by atoms with Crippen LogP contribution < -0.4 is 0 Å². The normalized spacial score (nSPS) is 25.6. The van der Waals surface area contributed by atoms with Crippen molar-refractivity contribution >= 4 is 0 Å². The van der Waals surface area contributed by atoms with E-state index in [1.807, 2.05) is 17.1 Å². The lowest BCUT2D eigenvalue weighted by molar-refractivity contribution is -0.0536. The Morgan fingerprint density at radius 1 is 0.500 bits per heavy atom. The van der Waals surface area contributed by atoms with Crippen LogP contribution in [0.25, 0.3) is 11.3 Å². The number of hydrogen-bond acceptors (Lipinski definition) is 11. The van der Waals surface area contributed by atoms with Crippen molar-refractivity contribution < 1.29 is 18.9 Å². The van der Waals surface area contributed by atoms with Crippen molar-refractivity contribution in [1.29, 1.82) is 0 Å². The second-order valence-corrected chi connectivity index (χ2v) is 23.3. The molecular formula is C60H98N8O4. The highest BCUT2D eigenvalue weighted by Gasteiger charge is 2.29. The molecule has 0 amide bonds. The van der Waals surface area contributed by atoms with E-state index in [2.05, 4.69) is 187 Å². The van der Waals surface area contributed by atoms with E-state index in [4.69, 9.17) is 18.9 Å². The molecule has 0 spiro atoms. The first kappa shape index (κ1) is 59.3. The van der Waals surface area contributed by atoms with Gasteiger partial charge >= 0.3 is 0 Å². The summed E-state index contributed by atoms with van der Waals surface area (Å²) in [4.78, 5) is 18.7. The fourth-order valence-electron chi connectivity index (χ4n) is 10.4. The standard InChI is InChI=1S/C60H98N8O4/c1-44(2)26-54-40-69-49(10)35-65(12)57(29-47(7)8)43-72-59(31-51-20-22-52(23-21-51)36-68-37-53(32-63-68)60-33-61-24-25-62-60)39-67(14)55(27-45(3)4)41-70-48(9)34-64(11)56(28-46(5)6)42-71-58(38-66(54)13)30-50-18-16-15-17-19-50/h15-25,32-33,37,44-49,54-59H,26-31,34-36,38-43H2,1-14H3/t48-,49-,54+,55+,56+,57+,58-,59-/m1/s1. The molecule has 4 aromatic rings. The van der Waals surface area contributed by atoms with Crippen molar-refractivity contribution in [2.24, 2.45) is 23.7 Å². The summed E-state index contributed by atoms with van der Waals surface area (Å²) in [7, 11) is 9.08. The summed E-state index contributed by atoms with van der Waals surface area (Å²) >= 11 is 0. The Balaban J connectivity index is 1.39. The summed E-state index contributed by atoms with van der Waals surface area (Å²) in [5.41, 5.74) is 5.56. The molecule has 0 aliphatic carbocycles. The fourth-order valence-corrected chi connectivity index (χ4v) is 10.4. The van der Waals surface area contributed by atoms with Gasteiger partial charge in [0.2, 0.25) is 0 Å². The monoisotopic (exact) mass is 995 g/mol. The fraction of sp³-hybridized carbons (Fsp3) is 0.683. The molecule has 0 N–H and O–H groups in total. The number of aromatic nitrogens is 4. The van der Waals surface area contributed by atoms with Gasteiger partial charge in [-0.25, -0.2) is 0 Å². The van der Waals surface area contributed by atoms with Gasteiger partial charge < -0.3 is 18.9 Å². The van der Waals surface area contributed by atoms with E-state index in [-0.39, 0.29) is 48.6 Å². The van der Waals surface area contributed by atoms with Crippen LogP contribution in [0.4, 0.5) is 0 Å². The molecule has 1 aliphatic rings. The van der Waals surface area contributed by atoms with Crippen LogP contribution >= 0.6 is 0 Å². The highest BCUT2D eigenvalue weighted by molar-refractivity contribution is 5.55. The Hall–Kier alpha value is -3.59. The highest BCUT2D eigenvalue weighted by atomic mass is 16.5. The van der Waals surface area contributed by atoms with Gasteiger partial charge in [0.05, 0.1) is 75.5 Å². The smallest absolute Gasteiger partial charge is 0.0916 e. The zero-order valence-corrected chi connectivity index (χ0v) is 47.3. The molecule has 5 rings (SSSR count). The minimum absolute atomic E-state index is 0.0168. The second kappa shape index (κ2) is 30.7. The van der Waals surface area contributed by atoms with Crippen molar-refractivity contribution in [3.05, 3.63) is 102 Å². The minimum atomic E-state index is -0.0168. The van der Waals surface area contributed by atoms with Crippen LogP contribution in [0.1, 0.15) is 112 Å². The molecule has 72 heavy (non-hydrogen) atoms. The van der Waals surface area contributed by atoms with E-state index >= 15 is 0 Å². The van der Waals surface area contributed by atoms with Crippen LogP contribution in [-0.4, -0.2) is 169 Å². The number of benzene rings is 2. The van der Waals surface area contributed by atoms with Crippen LogP contribution in [0.5, 0.6) is 0 Å². The zero-order chi connectivity index (χ0) is 52.2. The summed E-state index contributed by atoms with van der Waals surface area (Å²) < 4.78 is 30.0. The van der Waals surface area contributed by atoms with Crippen molar-refractivity contribution in [3.8, 4) is 11.3 Å². The third-order valence-corrected chi connectivity index (χ3v) is 14.4. The van der Waals surface area contributed by atoms with E-state index < -0.39 is 0 Å². The van der Waals surface area contributed by atoms with Gasteiger partial charge in [-0.1, -0.05) is 110 Å². The van der Waals surface area contributed by atoms with E-state index in [1.54, 1.807) is 18.6 Å². The van der Waals surface area contributed by atoms with E-state index in [1.165, 1.54) is 16.7 Å². The van der Waals surface area contributed by atoms with Crippen LogP contribution in [0.15, 0.2) is 85.6 Å². The molecule has 8 atom stereocenters. The molecular weight excluding hydrogens is 897 g/mol. The number of likely N-dealkylation sites (N-methyl/N-ethyl adjacent to an activating group) is 4. The molecule has 2 aromatic heterocycles. The summed E-state index contributed by atoms with van der Waals surface area (Å²) in [6.07, 6.45) is 15.1. The molecule has 1 fully saturated rings. The molecule has 402 valence electrons. The summed E-state index contributed by atoms with van der Waals surface area (Å²) in [5, 5.41) is 4.63. The summed E-state index contributed by atoms with van der Waals surface area (Å²) in [5.74, 6) is 2.12. The van der Waals surface area contributed by atoms with Gasteiger partial charge in [0.25, 0.3) is 0 Å². The van der Waals surface area contributed by atoms with Gasteiger partial charge in [-0.05, 0) is 121 Å². The Morgan fingerprint density at radius 2 is 0.917 bits per heavy atom. The van der Waals surface area contributed by atoms with Gasteiger partial charge in [0.1, 0.15) is 0 Å². The lowest BCUT2D eigenvalue weighted by atomic mass is 10.0. The molecule has 0 saturated carbocycles. The molecule has 0 bridgehead atoms. The topological polar surface area (TPSA) is 93.5 Å². The molecule has 0 unspecified atom stereocenters. The molecule has 0 radical (unpaired) electrons. The number of nitrogens with zero attached hydrogens (tertiary/aromatic N) is 8. The average molecular weight is 995 g/mol. The zero-order valence-electron chi connectivity index (χ0n) is 47.3. The Kier molecular flexibility index (Phi) is 25.3. The summed E-state index contributed by atoms with van der Waals surface area (Å²) in [6, 6.07) is 20.9. The first-order valence-corrected chi connectivity index (χ1v) is 27.6. The van der Waals surface area contributed by atoms with Gasteiger partial charge in [-0.2, -0.15) is 5.10 Å². The maximum atomic E-state index is 7.19.